The van der Waals surface area contributed by atoms with E-state index in [2.05, 4.69) is 28.6 Å². The lowest BCUT2D eigenvalue weighted by molar-refractivity contribution is -0.145. The van der Waals surface area contributed by atoms with Gasteiger partial charge < -0.3 is 37.6 Å². The molecule has 1 aromatic carbocycles. The monoisotopic (exact) mass is 483 g/mol. The molecule has 0 fully saturated rings. The number of thiol groups is 1. The van der Waals surface area contributed by atoms with E-state index in [1.165, 1.54) is 0 Å². The van der Waals surface area contributed by atoms with Crippen LogP contribution in [-0.4, -0.2) is 75.8 Å². The number of amides is 4. The van der Waals surface area contributed by atoms with Gasteiger partial charge in [-0.25, -0.2) is 4.79 Å². The first-order chi connectivity index (χ1) is 15.5. The van der Waals surface area contributed by atoms with Gasteiger partial charge in [0.1, 0.15) is 12.1 Å². The van der Waals surface area contributed by atoms with E-state index in [1.54, 1.807) is 30.3 Å². The number of aliphatic carboxylic acids is 1. The number of aliphatic hydroxyl groups is 1. The minimum atomic E-state index is -1.68. The average molecular weight is 484 g/mol. The van der Waals surface area contributed by atoms with Crippen LogP contribution in [-0.2, 0) is 30.4 Å². The van der Waals surface area contributed by atoms with Gasteiger partial charge >= 0.3 is 5.97 Å². The van der Waals surface area contributed by atoms with Crippen molar-refractivity contribution in [2.24, 2.45) is 11.5 Å². The van der Waals surface area contributed by atoms with Gasteiger partial charge in [-0.1, -0.05) is 30.3 Å². The molecule has 0 saturated heterocycles. The van der Waals surface area contributed by atoms with Gasteiger partial charge in [-0.05, 0) is 12.5 Å². The van der Waals surface area contributed by atoms with Crippen LogP contribution in [0.4, 0.5) is 0 Å². The van der Waals surface area contributed by atoms with Gasteiger partial charge in [0.25, 0.3) is 0 Å². The molecule has 0 saturated carbocycles. The number of primary amides is 1. The fourth-order valence-electron chi connectivity index (χ4n) is 2.75. The summed E-state index contributed by atoms with van der Waals surface area (Å²) in [5, 5.41) is 25.6. The summed E-state index contributed by atoms with van der Waals surface area (Å²) in [6.07, 6.45) is -2.07. The summed E-state index contributed by atoms with van der Waals surface area (Å²) >= 11 is 3.95. The highest BCUT2D eigenvalue weighted by molar-refractivity contribution is 7.80. The largest absolute Gasteiger partial charge is 0.480 e. The summed E-state index contributed by atoms with van der Waals surface area (Å²) in [7, 11) is 0. The minimum Gasteiger partial charge on any atom is -0.480 e. The molecule has 0 aliphatic rings. The Labute approximate surface area is 195 Å². The Kier molecular flexibility index (Phi) is 11.3. The maximum atomic E-state index is 13.0. The van der Waals surface area contributed by atoms with E-state index >= 15 is 0 Å². The molecule has 0 radical (unpaired) electrons. The van der Waals surface area contributed by atoms with Crippen LogP contribution in [0, 0.1) is 0 Å². The average Bonchev–Trinajstić information content (AvgIpc) is 2.75. The van der Waals surface area contributed by atoms with Crippen molar-refractivity contribution < 1.29 is 34.2 Å². The highest BCUT2D eigenvalue weighted by atomic mass is 32.1. The summed E-state index contributed by atoms with van der Waals surface area (Å²) in [5.41, 5.74) is 11.5. The topological polar surface area (TPSA) is 214 Å². The van der Waals surface area contributed by atoms with Crippen molar-refractivity contribution in [3.05, 3.63) is 35.9 Å². The second-order valence-electron chi connectivity index (χ2n) is 7.34. The van der Waals surface area contributed by atoms with Crippen LogP contribution in [0.3, 0.4) is 0 Å². The number of nitrogens with one attached hydrogen (secondary N) is 3. The molecule has 9 N–H and O–H groups in total. The molecular formula is C20H29N5O7S. The van der Waals surface area contributed by atoms with Gasteiger partial charge in [-0.15, -0.1) is 0 Å². The Bertz CT molecular complexity index is 852. The number of carbonyl (C=O) groups is 5. The predicted octanol–water partition coefficient (Wildman–Crippen LogP) is -2.72. The van der Waals surface area contributed by atoms with Crippen LogP contribution in [0.5, 0.6) is 0 Å². The molecule has 5 atom stereocenters. The van der Waals surface area contributed by atoms with Crippen LogP contribution in [0.2, 0.25) is 0 Å². The maximum Gasteiger partial charge on any atom is 0.328 e. The Hall–Kier alpha value is -3.16. The highest BCUT2D eigenvalue weighted by Gasteiger charge is 2.32. The van der Waals surface area contributed by atoms with Crippen LogP contribution < -0.4 is 27.4 Å². The second-order valence-corrected chi connectivity index (χ2v) is 7.70. The molecule has 1 rings (SSSR count). The van der Waals surface area contributed by atoms with Crippen molar-refractivity contribution in [1.29, 1.82) is 0 Å². The molecule has 0 heterocycles. The van der Waals surface area contributed by atoms with Crippen LogP contribution >= 0.6 is 12.6 Å². The zero-order valence-corrected chi connectivity index (χ0v) is 18.8. The van der Waals surface area contributed by atoms with Gasteiger partial charge in [0, 0.05) is 12.2 Å². The molecule has 0 aromatic heterocycles. The summed E-state index contributed by atoms with van der Waals surface area (Å²) in [6, 6.07) is 3.27. The summed E-state index contributed by atoms with van der Waals surface area (Å²) in [4.78, 5) is 60.5. The lowest BCUT2D eigenvalue weighted by Gasteiger charge is -2.25. The van der Waals surface area contributed by atoms with E-state index in [0.717, 1.165) is 6.92 Å². The zero-order valence-electron chi connectivity index (χ0n) is 17.9. The number of benzene rings is 1. The summed E-state index contributed by atoms with van der Waals surface area (Å²) < 4.78 is 0. The molecule has 4 amide bonds. The van der Waals surface area contributed by atoms with E-state index in [9.17, 15) is 29.1 Å². The molecule has 33 heavy (non-hydrogen) atoms. The van der Waals surface area contributed by atoms with Crippen molar-refractivity contribution in [1.82, 2.24) is 16.0 Å². The van der Waals surface area contributed by atoms with Gasteiger partial charge in [0.2, 0.25) is 23.6 Å². The number of rotatable bonds is 13. The zero-order chi connectivity index (χ0) is 25.1. The molecule has 13 heteroatoms. The third kappa shape index (κ3) is 9.47. The van der Waals surface area contributed by atoms with E-state index in [4.69, 9.17) is 16.6 Å². The van der Waals surface area contributed by atoms with E-state index in [1.807, 2.05) is 0 Å². The SMILES string of the molecule is CC(O)C(NC(=O)C(CC(N)=O)NC(=O)C(Cc1ccccc1)NC(=O)C(N)CS)C(=O)O. The van der Waals surface area contributed by atoms with Crippen molar-refractivity contribution >= 4 is 42.2 Å². The number of aliphatic hydroxyl groups excluding tert-OH is 1. The van der Waals surface area contributed by atoms with E-state index < -0.39 is 66.3 Å². The molecule has 5 unspecified atom stereocenters. The second kappa shape index (κ2) is 13.4. The maximum absolute atomic E-state index is 13.0. The van der Waals surface area contributed by atoms with Gasteiger partial charge in [0.15, 0.2) is 6.04 Å². The lowest BCUT2D eigenvalue weighted by Crippen LogP contribution is -2.59. The first-order valence-corrected chi connectivity index (χ1v) is 10.6. The van der Waals surface area contributed by atoms with Crippen molar-refractivity contribution in [3.63, 3.8) is 0 Å². The smallest absolute Gasteiger partial charge is 0.328 e. The van der Waals surface area contributed by atoms with Crippen molar-refractivity contribution in [3.8, 4) is 0 Å². The number of hydrogen-bond donors (Lipinski definition) is 8. The third-order valence-electron chi connectivity index (χ3n) is 4.53. The molecule has 0 aliphatic carbocycles. The van der Waals surface area contributed by atoms with Gasteiger partial charge in [-0.3, -0.25) is 19.2 Å². The normalized spacial score (nSPS) is 15.3. The quantitative estimate of drug-likeness (QED) is 0.138. The first kappa shape index (κ1) is 27.9. The fourth-order valence-corrected chi connectivity index (χ4v) is 2.91. The lowest BCUT2D eigenvalue weighted by atomic mass is 10.0. The van der Waals surface area contributed by atoms with Crippen LogP contribution in [0.15, 0.2) is 30.3 Å². The number of carboxylic acids is 1. The van der Waals surface area contributed by atoms with Crippen LogP contribution in [0.1, 0.15) is 18.9 Å². The van der Waals surface area contributed by atoms with Crippen LogP contribution in [0.25, 0.3) is 0 Å². The Morgan fingerprint density at radius 2 is 1.52 bits per heavy atom. The minimum absolute atomic E-state index is 0.0220. The molecule has 0 bridgehead atoms. The van der Waals surface area contributed by atoms with Crippen molar-refractivity contribution in [2.45, 2.75) is 50.0 Å². The predicted molar refractivity (Wildman–Crippen MR) is 121 cm³/mol. The molecular weight excluding hydrogens is 454 g/mol. The highest BCUT2D eigenvalue weighted by Crippen LogP contribution is 2.06. The number of carbonyl (C=O) groups excluding carboxylic acids is 4. The third-order valence-corrected chi connectivity index (χ3v) is 4.93. The molecule has 12 nitrogen and oxygen atoms in total. The van der Waals surface area contributed by atoms with Gasteiger partial charge in [0.05, 0.1) is 18.6 Å². The standard InChI is InChI=1S/C20H29N5O7S/c1-10(26)16(20(31)32)25-19(30)14(8-15(22)27)24-18(29)13(23-17(28)12(21)9-33)7-11-5-3-2-4-6-11/h2-6,10,12-14,16,26,33H,7-9,21H2,1H3,(H2,22,27)(H,23,28)(H,24,29)(H,25,30)(H,31,32). The summed E-state index contributed by atoms with van der Waals surface area (Å²) in [5.74, 6) is -4.97. The van der Waals surface area contributed by atoms with Gasteiger partial charge in [-0.2, -0.15) is 12.6 Å². The number of hydrogen-bond acceptors (Lipinski definition) is 8. The first-order valence-electron chi connectivity index (χ1n) is 9.96. The van der Waals surface area contributed by atoms with E-state index in [-0.39, 0.29) is 12.2 Å². The number of nitrogens with two attached hydrogens (primary N) is 2. The Morgan fingerprint density at radius 1 is 0.970 bits per heavy atom. The molecule has 0 aliphatic heterocycles. The molecule has 0 spiro atoms. The molecule has 182 valence electrons. The van der Waals surface area contributed by atoms with Crippen molar-refractivity contribution in [2.75, 3.05) is 5.75 Å². The summed E-state index contributed by atoms with van der Waals surface area (Å²) in [6.45, 7) is 1.15. The fraction of sp³-hybridized carbons (Fsp3) is 0.450. The van der Waals surface area contributed by atoms with E-state index in [0.29, 0.717) is 5.56 Å². The Morgan fingerprint density at radius 3 is 2.00 bits per heavy atom. The number of carboxylic acid groups (broad SMARTS) is 1. The Balaban J connectivity index is 3.09. The molecule has 1 aromatic rings.